The fraction of sp³-hybridized carbons (Fsp3) is 0.565. The molecule has 2 aromatic rings. The van der Waals surface area contributed by atoms with E-state index in [1.54, 1.807) is 19.3 Å². The van der Waals surface area contributed by atoms with Crippen LogP contribution in [-0.2, 0) is 4.79 Å². The zero-order valence-corrected chi connectivity index (χ0v) is 18.3. The van der Waals surface area contributed by atoms with E-state index in [1.807, 2.05) is 39.1 Å². The summed E-state index contributed by atoms with van der Waals surface area (Å²) in [6.45, 7) is 10.5. The molecule has 1 unspecified atom stereocenters. The van der Waals surface area contributed by atoms with E-state index < -0.39 is 5.41 Å². The molecule has 0 aromatic carbocycles. The number of aromatic nitrogens is 3. The number of Topliss-reactive ketones (excluding diaryl/α,β-unsaturated/α-hetero) is 1. The number of hydrogen-bond donors (Lipinski definition) is 1. The molecule has 0 saturated heterocycles. The fourth-order valence-electron chi connectivity index (χ4n) is 3.85. The van der Waals surface area contributed by atoms with Gasteiger partial charge >= 0.3 is 0 Å². The first-order chi connectivity index (χ1) is 13.8. The van der Waals surface area contributed by atoms with Gasteiger partial charge in [-0.2, -0.15) is 4.98 Å². The van der Waals surface area contributed by atoms with Crippen molar-refractivity contribution in [3.8, 4) is 0 Å². The molecule has 1 aliphatic carbocycles. The maximum Gasteiger partial charge on any atom is 0.225 e. The van der Waals surface area contributed by atoms with Gasteiger partial charge in [0.25, 0.3) is 0 Å². The fourth-order valence-corrected chi connectivity index (χ4v) is 3.85. The maximum absolute atomic E-state index is 12.2. The highest BCUT2D eigenvalue weighted by Gasteiger charge is 2.33. The summed E-state index contributed by atoms with van der Waals surface area (Å²) in [6.07, 6.45) is 10.2. The third-order valence-electron chi connectivity index (χ3n) is 6.05. The number of carbonyl (C=O) groups excluding carboxylic acids is 1. The van der Waals surface area contributed by atoms with Crippen LogP contribution in [-0.4, -0.2) is 33.3 Å². The Hall–Kier alpha value is -2.50. The van der Waals surface area contributed by atoms with Crippen LogP contribution in [0, 0.1) is 12.3 Å². The Labute approximate surface area is 174 Å². The van der Waals surface area contributed by atoms with Crippen LogP contribution in [0.5, 0.6) is 0 Å². The highest BCUT2D eigenvalue weighted by Crippen LogP contribution is 2.33. The molecule has 29 heavy (non-hydrogen) atoms. The van der Waals surface area contributed by atoms with E-state index in [1.165, 1.54) is 12.8 Å². The summed E-state index contributed by atoms with van der Waals surface area (Å²) in [4.78, 5) is 28.1. The Kier molecular flexibility index (Phi) is 6.50. The van der Waals surface area contributed by atoms with E-state index in [9.17, 15) is 4.79 Å². The number of carbonyl (C=O) groups is 1. The third kappa shape index (κ3) is 5.11. The van der Waals surface area contributed by atoms with Crippen LogP contribution in [0.15, 0.2) is 30.7 Å². The second-order valence-corrected chi connectivity index (χ2v) is 8.85. The van der Waals surface area contributed by atoms with Crippen molar-refractivity contribution in [1.82, 2.24) is 15.0 Å². The molecule has 2 aromatic heterocycles. The van der Waals surface area contributed by atoms with E-state index in [4.69, 9.17) is 4.98 Å². The van der Waals surface area contributed by atoms with Crippen molar-refractivity contribution in [2.24, 2.45) is 5.41 Å². The molecule has 1 fully saturated rings. The van der Waals surface area contributed by atoms with Crippen molar-refractivity contribution < 1.29 is 4.79 Å². The first kappa shape index (κ1) is 21.2. The SMILES string of the molecule is CC(=O)C(C)(C)CN(c1nc(NC(C)c2ccncc2)ncc1C)C1CCCC1. The van der Waals surface area contributed by atoms with Gasteiger partial charge in [-0.3, -0.25) is 9.78 Å². The average Bonchev–Trinajstić information content (AvgIpc) is 3.23. The van der Waals surface area contributed by atoms with Crippen LogP contribution in [0.4, 0.5) is 11.8 Å². The largest absolute Gasteiger partial charge is 0.352 e. The van der Waals surface area contributed by atoms with Gasteiger partial charge in [0.2, 0.25) is 5.95 Å². The molecule has 0 radical (unpaired) electrons. The molecule has 0 aliphatic heterocycles. The molecule has 1 N–H and O–H groups in total. The summed E-state index contributed by atoms with van der Waals surface area (Å²) < 4.78 is 0. The normalized spacial score (nSPS) is 15.9. The molecule has 3 rings (SSSR count). The molecular weight excluding hydrogens is 362 g/mol. The number of rotatable bonds is 8. The second kappa shape index (κ2) is 8.89. The Morgan fingerprint density at radius 2 is 1.93 bits per heavy atom. The zero-order chi connectivity index (χ0) is 21.0. The van der Waals surface area contributed by atoms with Crippen molar-refractivity contribution in [3.05, 3.63) is 41.9 Å². The summed E-state index contributed by atoms with van der Waals surface area (Å²) in [7, 11) is 0. The smallest absolute Gasteiger partial charge is 0.225 e. The number of ketones is 1. The van der Waals surface area contributed by atoms with Crippen molar-refractivity contribution in [2.75, 3.05) is 16.8 Å². The molecule has 1 atom stereocenters. The van der Waals surface area contributed by atoms with Gasteiger partial charge in [-0.15, -0.1) is 0 Å². The quantitative estimate of drug-likeness (QED) is 0.697. The van der Waals surface area contributed by atoms with Crippen LogP contribution in [0.1, 0.15) is 70.5 Å². The third-order valence-corrected chi connectivity index (χ3v) is 6.05. The average molecular weight is 396 g/mol. The summed E-state index contributed by atoms with van der Waals surface area (Å²) in [5.74, 6) is 1.75. The number of hydrogen-bond acceptors (Lipinski definition) is 6. The predicted molar refractivity (Wildman–Crippen MR) is 117 cm³/mol. The Morgan fingerprint density at radius 1 is 1.28 bits per heavy atom. The zero-order valence-electron chi connectivity index (χ0n) is 18.3. The van der Waals surface area contributed by atoms with Gasteiger partial charge in [0.1, 0.15) is 11.6 Å². The van der Waals surface area contributed by atoms with Crippen molar-refractivity contribution in [1.29, 1.82) is 0 Å². The minimum absolute atomic E-state index is 0.0714. The summed E-state index contributed by atoms with van der Waals surface area (Å²) in [5, 5.41) is 3.41. The minimum Gasteiger partial charge on any atom is -0.352 e. The second-order valence-electron chi connectivity index (χ2n) is 8.85. The van der Waals surface area contributed by atoms with Crippen LogP contribution in [0.2, 0.25) is 0 Å². The van der Waals surface area contributed by atoms with Crippen molar-refractivity contribution in [3.63, 3.8) is 0 Å². The number of anilines is 2. The van der Waals surface area contributed by atoms with Gasteiger partial charge in [-0.25, -0.2) is 4.98 Å². The van der Waals surface area contributed by atoms with Crippen molar-refractivity contribution in [2.45, 2.75) is 72.4 Å². The maximum atomic E-state index is 12.2. The van der Waals surface area contributed by atoms with Gasteiger partial charge < -0.3 is 10.2 Å². The van der Waals surface area contributed by atoms with Crippen LogP contribution >= 0.6 is 0 Å². The van der Waals surface area contributed by atoms with Crippen LogP contribution < -0.4 is 10.2 Å². The predicted octanol–water partition coefficient (Wildman–Crippen LogP) is 4.72. The van der Waals surface area contributed by atoms with Gasteiger partial charge in [0.05, 0.1) is 6.04 Å². The lowest BCUT2D eigenvalue weighted by molar-refractivity contribution is -0.124. The molecule has 0 amide bonds. The van der Waals surface area contributed by atoms with Crippen LogP contribution in [0.3, 0.4) is 0 Å². The minimum atomic E-state index is -0.419. The van der Waals surface area contributed by atoms with E-state index in [0.717, 1.165) is 29.8 Å². The molecule has 1 saturated carbocycles. The number of pyridine rings is 1. The topological polar surface area (TPSA) is 71.0 Å². The lowest BCUT2D eigenvalue weighted by atomic mass is 9.87. The molecule has 6 heteroatoms. The Bertz CT molecular complexity index is 830. The number of aryl methyl sites for hydroxylation is 1. The Balaban J connectivity index is 1.89. The van der Waals surface area contributed by atoms with Gasteiger partial charge in [0, 0.05) is 42.2 Å². The number of nitrogens with zero attached hydrogens (tertiary/aromatic N) is 4. The monoisotopic (exact) mass is 395 g/mol. The highest BCUT2D eigenvalue weighted by molar-refractivity contribution is 5.82. The first-order valence-electron chi connectivity index (χ1n) is 10.6. The summed E-state index contributed by atoms with van der Waals surface area (Å²) >= 11 is 0. The van der Waals surface area contributed by atoms with E-state index in [-0.39, 0.29) is 11.8 Å². The molecule has 156 valence electrons. The first-order valence-corrected chi connectivity index (χ1v) is 10.6. The molecule has 0 bridgehead atoms. The van der Waals surface area contributed by atoms with Gasteiger partial charge in [-0.1, -0.05) is 26.7 Å². The van der Waals surface area contributed by atoms with E-state index in [2.05, 4.69) is 27.1 Å². The molecule has 0 spiro atoms. The lowest BCUT2D eigenvalue weighted by Gasteiger charge is -2.37. The molecule has 1 aliphatic rings. The molecule has 6 nitrogen and oxygen atoms in total. The van der Waals surface area contributed by atoms with Gasteiger partial charge in [-0.05, 0) is 51.3 Å². The highest BCUT2D eigenvalue weighted by atomic mass is 16.1. The number of nitrogens with one attached hydrogen (secondary N) is 1. The lowest BCUT2D eigenvalue weighted by Crippen LogP contribution is -2.44. The van der Waals surface area contributed by atoms with E-state index >= 15 is 0 Å². The molecule has 2 heterocycles. The van der Waals surface area contributed by atoms with E-state index in [0.29, 0.717) is 18.5 Å². The molecular formula is C23H33N5O. The van der Waals surface area contributed by atoms with Crippen molar-refractivity contribution >= 4 is 17.5 Å². The standard InChI is InChI=1S/C23H33N5O/c1-16-14-25-22(26-17(2)19-10-12-24-13-11-19)27-21(16)28(20-8-6-7-9-20)15-23(4,5)18(3)29/h10-14,17,20H,6-9,15H2,1-5H3,(H,25,26,27). The Morgan fingerprint density at radius 3 is 2.55 bits per heavy atom. The van der Waals surface area contributed by atoms with Gasteiger partial charge in [0.15, 0.2) is 0 Å². The van der Waals surface area contributed by atoms with Crippen LogP contribution in [0.25, 0.3) is 0 Å². The summed E-state index contributed by atoms with van der Waals surface area (Å²) in [5.41, 5.74) is 1.76. The summed E-state index contributed by atoms with van der Waals surface area (Å²) in [6, 6.07) is 4.48.